The minimum atomic E-state index is -4.52. The van der Waals surface area contributed by atoms with E-state index in [9.17, 15) is 26.7 Å². The molecular weight excluding hydrogens is 321 g/mol. The summed E-state index contributed by atoms with van der Waals surface area (Å²) in [6.07, 6.45) is -5.89. The van der Waals surface area contributed by atoms with Crippen molar-refractivity contribution in [1.29, 1.82) is 0 Å². The molecule has 1 rings (SSSR count). The molecule has 0 fully saturated rings. The Balaban J connectivity index is 2.80. The lowest BCUT2D eigenvalue weighted by atomic mass is 10.1. The molecular formula is C13H19F3N2O3S. The summed E-state index contributed by atoms with van der Waals surface area (Å²) in [4.78, 5) is 0. The van der Waals surface area contributed by atoms with Crippen molar-refractivity contribution in [2.75, 3.05) is 19.6 Å². The molecule has 9 heteroatoms. The molecule has 0 saturated carbocycles. The first kappa shape index (κ1) is 18.9. The van der Waals surface area contributed by atoms with E-state index in [0.29, 0.717) is 0 Å². The molecule has 1 unspecified atom stereocenters. The van der Waals surface area contributed by atoms with Gasteiger partial charge in [0.05, 0.1) is 11.7 Å². The van der Waals surface area contributed by atoms with Gasteiger partial charge in [-0.1, -0.05) is 26.0 Å². The van der Waals surface area contributed by atoms with Crippen molar-refractivity contribution in [2.45, 2.75) is 26.1 Å². The maximum atomic E-state index is 12.6. The number of halogens is 3. The van der Waals surface area contributed by atoms with Crippen LogP contribution in [0.3, 0.4) is 0 Å². The van der Waals surface area contributed by atoms with E-state index in [1.54, 1.807) is 13.8 Å². The first-order chi connectivity index (χ1) is 10.1. The van der Waals surface area contributed by atoms with Gasteiger partial charge in [-0.2, -0.15) is 30.6 Å². The number of aliphatic hydroxyl groups is 1. The average molecular weight is 340 g/mol. The van der Waals surface area contributed by atoms with Crippen LogP contribution in [-0.2, 0) is 16.4 Å². The zero-order valence-corrected chi connectivity index (χ0v) is 13.1. The van der Waals surface area contributed by atoms with Crippen LogP contribution in [0.4, 0.5) is 13.2 Å². The van der Waals surface area contributed by atoms with Crippen LogP contribution in [0.15, 0.2) is 24.3 Å². The van der Waals surface area contributed by atoms with Gasteiger partial charge >= 0.3 is 6.18 Å². The van der Waals surface area contributed by atoms with Gasteiger partial charge in [0.1, 0.15) is 0 Å². The van der Waals surface area contributed by atoms with Gasteiger partial charge in [-0.25, -0.2) is 0 Å². The Labute approximate surface area is 127 Å². The number of aliphatic hydroxyl groups excluding tert-OH is 1. The lowest BCUT2D eigenvalue weighted by Crippen LogP contribution is -2.42. The number of hydrogen-bond donors (Lipinski definition) is 2. The standard InChI is InChI=1S/C13H19F3N2O3S/c1-3-18(4-2)22(20,21)17-9-12(19)10-6-5-7-11(8-10)13(14,15)16/h5-8,12,17,19H,3-4,9H2,1-2H3. The van der Waals surface area contributed by atoms with Gasteiger partial charge in [-0.15, -0.1) is 0 Å². The van der Waals surface area contributed by atoms with Crippen molar-refractivity contribution >= 4 is 10.2 Å². The third-order valence-corrected chi connectivity index (χ3v) is 4.83. The van der Waals surface area contributed by atoms with Crippen LogP contribution in [0.25, 0.3) is 0 Å². The normalized spacial score (nSPS) is 14.3. The summed E-state index contributed by atoms with van der Waals surface area (Å²) in [5.41, 5.74) is -0.896. The molecule has 0 aliphatic carbocycles. The lowest BCUT2D eigenvalue weighted by molar-refractivity contribution is -0.137. The van der Waals surface area contributed by atoms with E-state index in [0.717, 1.165) is 16.4 Å². The molecule has 5 nitrogen and oxygen atoms in total. The summed E-state index contributed by atoms with van der Waals surface area (Å²) in [6, 6.07) is 4.17. The number of benzene rings is 1. The second-order valence-electron chi connectivity index (χ2n) is 4.58. The summed E-state index contributed by atoms with van der Waals surface area (Å²) in [6.45, 7) is 3.43. The molecule has 22 heavy (non-hydrogen) atoms. The van der Waals surface area contributed by atoms with Crippen LogP contribution < -0.4 is 4.72 Å². The van der Waals surface area contributed by atoms with Crippen LogP contribution >= 0.6 is 0 Å². The largest absolute Gasteiger partial charge is 0.416 e. The van der Waals surface area contributed by atoms with Crippen molar-refractivity contribution < 1.29 is 26.7 Å². The Morgan fingerprint density at radius 2 is 1.86 bits per heavy atom. The maximum absolute atomic E-state index is 12.6. The highest BCUT2D eigenvalue weighted by atomic mass is 32.2. The van der Waals surface area contributed by atoms with Gasteiger partial charge in [-0.3, -0.25) is 0 Å². The Morgan fingerprint density at radius 3 is 2.36 bits per heavy atom. The van der Waals surface area contributed by atoms with E-state index in [2.05, 4.69) is 4.72 Å². The Bertz CT molecular complexity index is 586. The second-order valence-corrected chi connectivity index (χ2v) is 6.33. The van der Waals surface area contributed by atoms with E-state index in [1.165, 1.54) is 12.1 Å². The highest BCUT2D eigenvalue weighted by molar-refractivity contribution is 7.87. The molecule has 0 aromatic heterocycles. The van der Waals surface area contributed by atoms with Gasteiger partial charge in [-0.05, 0) is 17.7 Å². The van der Waals surface area contributed by atoms with Crippen LogP contribution in [0, 0.1) is 0 Å². The fraction of sp³-hybridized carbons (Fsp3) is 0.538. The quantitative estimate of drug-likeness (QED) is 0.797. The van der Waals surface area contributed by atoms with Crippen molar-refractivity contribution in [3.8, 4) is 0 Å². The van der Waals surface area contributed by atoms with E-state index in [1.807, 2.05) is 0 Å². The summed E-state index contributed by atoms with van der Waals surface area (Å²) in [5.74, 6) is 0. The third-order valence-electron chi connectivity index (χ3n) is 3.10. The molecule has 0 heterocycles. The summed E-state index contributed by atoms with van der Waals surface area (Å²) >= 11 is 0. The number of nitrogens with zero attached hydrogens (tertiary/aromatic N) is 1. The van der Waals surface area contributed by atoms with E-state index >= 15 is 0 Å². The smallest absolute Gasteiger partial charge is 0.387 e. The minimum Gasteiger partial charge on any atom is -0.387 e. The molecule has 126 valence electrons. The fourth-order valence-corrected chi connectivity index (χ4v) is 3.11. The fourth-order valence-electron chi connectivity index (χ4n) is 1.88. The predicted octanol–water partition coefficient (Wildman–Crippen LogP) is 1.91. The minimum absolute atomic E-state index is 0.00271. The molecule has 0 radical (unpaired) electrons. The molecule has 1 aromatic rings. The second kappa shape index (κ2) is 7.40. The predicted molar refractivity (Wildman–Crippen MR) is 76.2 cm³/mol. The van der Waals surface area contributed by atoms with Crippen LogP contribution in [0.1, 0.15) is 31.1 Å². The van der Waals surface area contributed by atoms with E-state index in [4.69, 9.17) is 0 Å². The average Bonchev–Trinajstić information content (AvgIpc) is 2.45. The summed E-state index contributed by atoms with van der Waals surface area (Å²) in [5, 5.41) is 9.89. The number of nitrogens with one attached hydrogen (secondary N) is 1. The monoisotopic (exact) mass is 340 g/mol. The molecule has 0 aliphatic rings. The molecule has 1 aromatic carbocycles. The topological polar surface area (TPSA) is 69.6 Å². The van der Waals surface area contributed by atoms with E-state index in [-0.39, 0.29) is 18.7 Å². The Hall–Kier alpha value is -1.16. The number of alkyl halides is 3. The van der Waals surface area contributed by atoms with Gasteiger partial charge in [0.25, 0.3) is 10.2 Å². The molecule has 0 amide bonds. The van der Waals surface area contributed by atoms with Gasteiger partial charge in [0.2, 0.25) is 0 Å². The zero-order valence-electron chi connectivity index (χ0n) is 12.3. The lowest BCUT2D eigenvalue weighted by Gasteiger charge is -2.20. The SMILES string of the molecule is CCN(CC)S(=O)(=O)NCC(O)c1cccc(C(F)(F)F)c1. The Morgan fingerprint density at radius 1 is 1.27 bits per heavy atom. The van der Waals surface area contributed by atoms with Crippen LogP contribution in [0.2, 0.25) is 0 Å². The summed E-state index contributed by atoms with van der Waals surface area (Å²) in [7, 11) is -3.76. The third kappa shape index (κ3) is 4.94. The highest BCUT2D eigenvalue weighted by Gasteiger charge is 2.31. The zero-order chi connectivity index (χ0) is 17.0. The van der Waals surface area contributed by atoms with Gasteiger partial charge in [0.15, 0.2) is 0 Å². The van der Waals surface area contributed by atoms with Gasteiger partial charge in [0, 0.05) is 19.6 Å². The molecule has 0 bridgehead atoms. The van der Waals surface area contributed by atoms with Crippen molar-refractivity contribution in [3.05, 3.63) is 35.4 Å². The molecule has 0 saturated heterocycles. The van der Waals surface area contributed by atoms with Crippen molar-refractivity contribution in [3.63, 3.8) is 0 Å². The van der Waals surface area contributed by atoms with E-state index < -0.39 is 34.6 Å². The number of hydrogen-bond acceptors (Lipinski definition) is 3. The molecule has 2 N–H and O–H groups in total. The summed E-state index contributed by atoms with van der Waals surface area (Å²) < 4.78 is 64.9. The first-order valence-corrected chi connectivity index (χ1v) is 8.15. The first-order valence-electron chi connectivity index (χ1n) is 6.71. The molecule has 0 spiro atoms. The Kier molecular flexibility index (Phi) is 6.36. The molecule has 1 atom stereocenters. The molecule has 0 aliphatic heterocycles. The van der Waals surface area contributed by atoms with Crippen LogP contribution in [-0.4, -0.2) is 37.5 Å². The highest BCUT2D eigenvalue weighted by Crippen LogP contribution is 2.30. The van der Waals surface area contributed by atoms with Crippen molar-refractivity contribution in [2.24, 2.45) is 0 Å². The maximum Gasteiger partial charge on any atom is 0.416 e. The van der Waals surface area contributed by atoms with Crippen LogP contribution in [0.5, 0.6) is 0 Å². The van der Waals surface area contributed by atoms with Crippen molar-refractivity contribution in [1.82, 2.24) is 9.03 Å². The number of rotatable bonds is 7. The van der Waals surface area contributed by atoms with Gasteiger partial charge < -0.3 is 5.11 Å².